The first-order valence-corrected chi connectivity index (χ1v) is 12.8. The molecule has 0 atom stereocenters. The van der Waals surface area contributed by atoms with E-state index < -0.39 is 27.5 Å². The van der Waals surface area contributed by atoms with Crippen LogP contribution in [0.1, 0.15) is 13.3 Å². The molecule has 1 aromatic heterocycles. The van der Waals surface area contributed by atoms with Crippen LogP contribution in [0.25, 0.3) is 10.2 Å². The van der Waals surface area contributed by atoms with Crippen LogP contribution in [0, 0.1) is 0 Å². The Morgan fingerprint density at radius 3 is 2.53 bits per heavy atom. The normalized spacial score (nSPS) is 13.3. The summed E-state index contributed by atoms with van der Waals surface area (Å²) in [6.07, 6.45) is -0.315. The van der Waals surface area contributed by atoms with Crippen molar-refractivity contribution in [3.8, 4) is 17.2 Å². The number of methoxy groups -OCH3 is 1. The van der Waals surface area contributed by atoms with Crippen molar-refractivity contribution in [2.45, 2.75) is 24.8 Å². The zero-order chi connectivity index (χ0) is 24.3. The number of hydrogen-bond acceptors (Lipinski definition) is 9. The van der Waals surface area contributed by atoms with E-state index in [1.54, 1.807) is 35.8 Å². The van der Waals surface area contributed by atoms with Gasteiger partial charge in [0.15, 0.2) is 26.1 Å². The number of nitrogens with zero attached hydrogens (tertiary/aromatic N) is 2. The van der Waals surface area contributed by atoms with E-state index in [4.69, 9.17) is 18.9 Å². The minimum absolute atomic E-state index is 0.0925. The highest BCUT2D eigenvalue weighted by molar-refractivity contribution is 7.91. The number of benzene rings is 2. The second-order valence-corrected chi connectivity index (χ2v) is 10.3. The Morgan fingerprint density at radius 1 is 1.15 bits per heavy atom. The number of aromatic nitrogens is 1. The second kappa shape index (κ2) is 9.85. The molecule has 1 aliphatic rings. The number of amides is 1. The van der Waals surface area contributed by atoms with E-state index in [0.29, 0.717) is 22.8 Å². The van der Waals surface area contributed by atoms with E-state index >= 15 is 0 Å². The van der Waals surface area contributed by atoms with Gasteiger partial charge >= 0.3 is 5.97 Å². The van der Waals surface area contributed by atoms with Gasteiger partial charge in [-0.1, -0.05) is 11.3 Å². The summed E-state index contributed by atoms with van der Waals surface area (Å²) in [6.45, 7) is 1.85. The van der Waals surface area contributed by atoms with Gasteiger partial charge in [-0.2, -0.15) is 4.99 Å². The fourth-order valence-electron chi connectivity index (χ4n) is 3.32. The molecule has 0 unspecified atom stereocenters. The maximum absolute atomic E-state index is 12.6. The topological polar surface area (TPSA) is 122 Å². The number of carbonyl (C=O) groups is 2. The van der Waals surface area contributed by atoms with Crippen LogP contribution in [0.2, 0.25) is 0 Å². The van der Waals surface area contributed by atoms with Crippen molar-refractivity contribution in [1.29, 1.82) is 0 Å². The van der Waals surface area contributed by atoms with Crippen molar-refractivity contribution in [3.05, 3.63) is 41.2 Å². The lowest BCUT2D eigenvalue weighted by Crippen LogP contribution is -2.23. The molecule has 180 valence electrons. The molecule has 0 aliphatic carbocycles. The minimum Gasteiger partial charge on any atom is -0.497 e. The molecule has 0 spiro atoms. The summed E-state index contributed by atoms with van der Waals surface area (Å²) in [6, 6.07) is 9.40. The highest BCUT2D eigenvalue weighted by Crippen LogP contribution is 2.37. The van der Waals surface area contributed by atoms with Crippen LogP contribution in [0.3, 0.4) is 0 Å². The number of thiazole rings is 1. The van der Waals surface area contributed by atoms with Crippen LogP contribution in [-0.4, -0.2) is 51.1 Å². The Morgan fingerprint density at radius 2 is 1.85 bits per heavy atom. The molecule has 0 radical (unpaired) electrons. The fraction of sp³-hybridized carbons (Fsp3) is 0.318. The summed E-state index contributed by atoms with van der Waals surface area (Å²) < 4.78 is 48.4. The minimum atomic E-state index is -3.69. The molecule has 12 heteroatoms. The van der Waals surface area contributed by atoms with Crippen molar-refractivity contribution in [1.82, 2.24) is 4.57 Å². The lowest BCUT2D eigenvalue weighted by molar-refractivity contribution is -0.143. The third kappa shape index (κ3) is 5.07. The average molecular weight is 507 g/mol. The molecule has 1 amide bonds. The van der Waals surface area contributed by atoms with Gasteiger partial charge in [-0.05, 0) is 31.2 Å². The predicted molar refractivity (Wildman–Crippen MR) is 123 cm³/mol. The van der Waals surface area contributed by atoms with Crippen molar-refractivity contribution in [3.63, 3.8) is 0 Å². The number of carbonyl (C=O) groups excluding carboxylic acids is 2. The molecule has 3 aromatic rings. The van der Waals surface area contributed by atoms with Crippen LogP contribution in [0.15, 0.2) is 46.3 Å². The quantitative estimate of drug-likeness (QED) is 0.427. The Labute approximate surface area is 199 Å². The summed E-state index contributed by atoms with van der Waals surface area (Å²) in [5.74, 6) is 0.0900. The van der Waals surface area contributed by atoms with E-state index in [1.165, 1.54) is 30.6 Å². The Balaban J connectivity index is 1.61. The van der Waals surface area contributed by atoms with Crippen molar-refractivity contribution in [2.75, 3.05) is 26.3 Å². The lowest BCUT2D eigenvalue weighted by atomic mass is 10.3. The molecule has 2 aromatic carbocycles. The van der Waals surface area contributed by atoms with E-state index in [1.807, 2.05) is 0 Å². The van der Waals surface area contributed by atoms with Crippen LogP contribution >= 0.6 is 11.3 Å². The third-order valence-corrected chi connectivity index (χ3v) is 7.77. The molecule has 0 bridgehead atoms. The molecular formula is C22H22N2O8S2. The number of sulfone groups is 1. The zero-order valence-electron chi connectivity index (χ0n) is 18.5. The predicted octanol–water partition coefficient (Wildman–Crippen LogP) is 2.29. The summed E-state index contributed by atoms with van der Waals surface area (Å²) in [5, 5.41) is 0. The van der Waals surface area contributed by atoms with Crippen LogP contribution in [0.5, 0.6) is 17.2 Å². The second-order valence-electron chi connectivity index (χ2n) is 7.20. The van der Waals surface area contributed by atoms with E-state index in [9.17, 15) is 18.0 Å². The van der Waals surface area contributed by atoms with Gasteiger partial charge in [0.2, 0.25) is 12.7 Å². The van der Waals surface area contributed by atoms with Crippen molar-refractivity contribution >= 4 is 43.3 Å². The van der Waals surface area contributed by atoms with E-state index in [-0.39, 0.29) is 36.1 Å². The monoisotopic (exact) mass is 506 g/mol. The van der Waals surface area contributed by atoms with Gasteiger partial charge in [0.1, 0.15) is 12.3 Å². The summed E-state index contributed by atoms with van der Waals surface area (Å²) >= 11 is 1.18. The maximum atomic E-state index is 12.6. The number of ether oxygens (including phenoxy) is 4. The SMILES string of the molecule is CCOC(=O)Cn1c(=NC(=O)CCS(=O)(=O)c2ccc(OC)cc2)sc2cc3c(cc21)OCO3. The molecular weight excluding hydrogens is 484 g/mol. The van der Waals surface area contributed by atoms with Gasteiger partial charge in [0.25, 0.3) is 0 Å². The van der Waals surface area contributed by atoms with Gasteiger partial charge < -0.3 is 23.5 Å². The fourth-order valence-corrected chi connectivity index (χ4v) is 5.61. The number of rotatable bonds is 8. The van der Waals surface area contributed by atoms with Gasteiger partial charge in [0, 0.05) is 18.6 Å². The molecule has 2 heterocycles. The van der Waals surface area contributed by atoms with E-state index in [2.05, 4.69) is 4.99 Å². The largest absolute Gasteiger partial charge is 0.497 e. The number of esters is 1. The van der Waals surface area contributed by atoms with Crippen LogP contribution in [0.4, 0.5) is 0 Å². The molecule has 10 nitrogen and oxygen atoms in total. The highest BCUT2D eigenvalue weighted by atomic mass is 32.2. The molecule has 0 N–H and O–H groups in total. The molecule has 0 saturated heterocycles. The standard InChI is InChI=1S/C22H22N2O8S2/c1-3-30-21(26)12-24-16-10-17-18(32-13-31-17)11-19(16)33-22(24)23-20(25)8-9-34(27,28)15-6-4-14(29-2)5-7-15/h4-7,10-11H,3,8-9,12-13H2,1-2H3. The van der Waals surface area contributed by atoms with Gasteiger partial charge in [-0.3, -0.25) is 9.59 Å². The zero-order valence-corrected chi connectivity index (χ0v) is 20.1. The number of hydrogen-bond donors (Lipinski definition) is 0. The van der Waals surface area contributed by atoms with E-state index in [0.717, 1.165) is 4.70 Å². The molecule has 0 fully saturated rings. The van der Waals surface area contributed by atoms with Crippen LogP contribution in [-0.2, 0) is 30.7 Å². The summed E-state index contributed by atoms with van der Waals surface area (Å²) in [4.78, 5) is 29.2. The molecule has 1 aliphatic heterocycles. The highest BCUT2D eigenvalue weighted by Gasteiger charge is 2.20. The maximum Gasteiger partial charge on any atom is 0.326 e. The smallest absolute Gasteiger partial charge is 0.326 e. The molecule has 34 heavy (non-hydrogen) atoms. The molecule has 0 saturated carbocycles. The average Bonchev–Trinajstić information content (AvgIpc) is 3.40. The van der Waals surface area contributed by atoms with Gasteiger partial charge in [0.05, 0.1) is 34.6 Å². The number of fused-ring (bicyclic) bond motifs is 2. The Bertz CT molecular complexity index is 1410. The summed E-state index contributed by atoms with van der Waals surface area (Å²) in [5.41, 5.74) is 0.625. The Kier molecular flexibility index (Phi) is 6.89. The van der Waals surface area contributed by atoms with Gasteiger partial charge in [-0.15, -0.1) is 0 Å². The van der Waals surface area contributed by atoms with Crippen LogP contribution < -0.4 is 19.0 Å². The first-order chi connectivity index (χ1) is 16.3. The summed E-state index contributed by atoms with van der Waals surface area (Å²) in [7, 11) is -2.20. The van der Waals surface area contributed by atoms with Crippen molar-refractivity contribution in [2.24, 2.45) is 4.99 Å². The Hall–Kier alpha value is -3.38. The third-order valence-electron chi connectivity index (χ3n) is 4.99. The lowest BCUT2D eigenvalue weighted by Gasteiger charge is -2.06. The first kappa shape index (κ1) is 23.8. The molecule has 4 rings (SSSR count). The van der Waals surface area contributed by atoms with Crippen molar-refractivity contribution < 1.29 is 37.0 Å². The first-order valence-electron chi connectivity index (χ1n) is 10.3. The van der Waals surface area contributed by atoms with Gasteiger partial charge in [-0.25, -0.2) is 8.42 Å².